The lowest BCUT2D eigenvalue weighted by Gasteiger charge is -2.40. The van der Waals surface area contributed by atoms with Crippen molar-refractivity contribution < 1.29 is 9.13 Å². The molecule has 0 saturated carbocycles. The van der Waals surface area contributed by atoms with Gasteiger partial charge in [-0.3, -0.25) is 0 Å². The van der Waals surface area contributed by atoms with Crippen LogP contribution in [0.1, 0.15) is 64.5 Å². The molecule has 1 heterocycles. The second kappa shape index (κ2) is 6.57. The van der Waals surface area contributed by atoms with Crippen LogP contribution in [0.2, 0.25) is 0 Å². The monoisotopic (exact) mass is 279 g/mol. The van der Waals surface area contributed by atoms with Crippen molar-refractivity contribution in [3.8, 4) is 5.75 Å². The lowest BCUT2D eigenvalue weighted by molar-refractivity contribution is 0.0440. The fraction of sp³-hybridized carbons (Fsp3) is 0.647. The van der Waals surface area contributed by atoms with Crippen molar-refractivity contribution in [2.45, 2.75) is 64.5 Å². The summed E-state index contributed by atoms with van der Waals surface area (Å²) in [5.74, 6) is 0.641. The van der Waals surface area contributed by atoms with Gasteiger partial charge in [0.2, 0.25) is 0 Å². The molecule has 2 atom stereocenters. The standard InChI is InChI=1S/C17H26FNO/c1-4-6-7-10-19-15-12-17(3,5-2)20-16-9-8-13(18)11-14(15)16/h8-9,11,15,19H,4-7,10,12H2,1-3H3. The number of hydrogen-bond donors (Lipinski definition) is 1. The van der Waals surface area contributed by atoms with Crippen LogP contribution in [0, 0.1) is 5.82 Å². The smallest absolute Gasteiger partial charge is 0.125 e. The molecule has 3 heteroatoms. The predicted molar refractivity (Wildman–Crippen MR) is 80.6 cm³/mol. The molecule has 0 radical (unpaired) electrons. The third kappa shape index (κ3) is 3.51. The molecule has 0 aromatic heterocycles. The summed E-state index contributed by atoms with van der Waals surface area (Å²) < 4.78 is 19.6. The Bertz CT molecular complexity index is 449. The van der Waals surface area contributed by atoms with Crippen LogP contribution in [-0.4, -0.2) is 12.1 Å². The van der Waals surface area contributed by atoms with Gasteiger partial charge in [0.15, 0.2) is 0 Å². The zero-order valence-corrected chi connectivity index (χ0v) is 12.8. The first-order valence-corrected chi connectivity index (χ1v) is 7.80. The molecule has 1 aliphatic heterocycles. The number of fused-ring (bicyclic) bond motifs is 1. The molecule has 0 spiro atoms. The van der Waals surface area contributed by atoms with E-state index in [-0.39, 0.29) is 17.5 Å². The fourth-order valence-corrected chi connectivity index (χ4v) is 2.78. The van der Waals surface area contributed by atoms with Crippen LogP contribution in [0.3, 0.4) is 0 Å². The van der Waals surface area contributed by atoms with Gasteiger partial charge in [0.25, 0.3) is 0 Å². The number of hydrogen-bond acceptors (Lipinski definition) is 2. The number of ether oxygens (including phenoxy) is 1. The van der Waals surface area contributed by atoms with E-state index in [0.717, 1.165) is 30.7 Å². The summed E-state index contributed by atoms with van der Waals surface area (Å²) in [4.78, 5) is 0. The predicted octanol–water partition coefficient (Wildman–Crippen LogP) is 4.60. The van der Waals surface area contributed by atoms with E-state index >= 15 is 0 Å². The molecule has 0 fully saturated rings. The molecule has 0 aliphatic carbocycles. The molecule has 1 aliphatic rings. The lowest BCUT2D eigenvalue weighted by Crippen LogP contribution is -2.41. The quantitative estimate of drug-likeness (QED) is 0.768. The molecule has 1 aromatic rings. The highest BCUT2D eigenvalue weighted by atomic mass is 19.1. The van der Waals surface area contributed by atoms with E-state index in [9.17, 15) is 4.39 Å². The van der Waals surface area contributed by atoms with E-state index in [1.54, 1.807) is 12.1 Å². The van der Waals surface area contributed by atoms with Gasteiger partial charge in [-0.1, -0.05) is 26.7 Å². The van der Waals surface area contributed by atoms with Crippen LogP contribution >= 0.6 is 0 Å². The van der Waals surface area contributed by atoms with Crippen molar-refractivity contribution >= 4 is 0 Å². The Morgan fingerprint density at radius 2 is 2.15 bits per heavy atom. The normalized spacial score (nSPS) is 25.1. The largest absolute Gasteiger partial charge is 0.487 e. The van der Waals surface area contributed by atoms with Gasteiger partial charge in [-0.15, -0.1) is 0 Å². The highest BCUT2D eigenvalue weighted by molar-refractivity contribution is 5.39. The zero-order chi connectivity index (χ0) is 14.6. The van der Waals surface area contributed by atoms with Crippen LogP contribution in [0.25, 0.3) is 0 Å². The number of nitrogens with one attached hydrogen (secondary N) is 1. The molecule has 2 unspecified atom stereocenters. The highest BCUT2D eigenvalue weighted by Gasteiger charge is 2.35. The van der Waals surface area contributed by atoms with Crippen molar-refractivity contribution in [2.75, 3.05) is 6.54 Å². The average molecular weight is 279 g/mol. The molecule has 0 saturated heterocycles. The number of unbranched alkanes of at least 4 members (excludes halogenated alkanes) is 2. The Morgan fingerprint density at radius 1 is 1.35 bits per heavy atom. The van der Waals surface area contributed by atoms with Crippen LogP contribution in [0.15, 0.2) is 18.2 Å². The van der Waals surface area contributed by atoms with E-state index < -0.39 is 0 Å². The van der Waals surface area contributed by atoms with Gasteiger partial charge in [0.1, 0.15) is 17.2 Å². The van der Waals surface area contributed by atoms with Crippen molar-refractivity contribution in [3.05, 3.63) is 29.6 Å². The summed E-state index contributed by atoms with van der Waals surface area (Å²) in [7, 11) is 0. The third-order valence-corrected chi connectivity index (χ3v) is 4.26. The van der Waals surface area contributed by atoms with Gasteiger partial charge < -0.3 is 10.1 Å². The Kier molecular flexibility index (Phi) is 5.03. The van der Waals surface area contributed by atoms with E-state index in [1.165, 1.54) is 25.3 Å². The summed E-state index contributed by atoms with van der Waals surface area (Å²) in [6.45, 7) is 7.46. The van der Waals surface area contributed by atoms with E-state index in [0.29, 0.717) is 0 Å². The third-order valence-electron chi connectivity index (χ3n) is 4.26. The summed E-state index contributed by atoms with van der Waals surface area (Å²) in [5, 5.41) is 3.58. The molecule has 1 N–H and O–H groups in total. The summed E-state index contributed by atoms with van der Waals surface area (Å²) in [6, 6.07) is 5.05. The maximum atomic E-state index is 13.5. The molecular weight excluding hydrogens is 253 g/mol. The van der Waals surface area contributed by atoms with E-state index in [2.05, 4.69) is 26.1 Å². The van der Waals surface area contributed by atoms with Crippen molar-refractivity contribution in [1.29, 1.82) is 0 Å². The molecule has 2 nitrogen and oxygen atoms in total. The first-order valence-electron chi connectivity index (χ1n) is 7.80. The SMILES string of the molecule is CCCCCNC1CC(C)(CC)Oc2ccc(F)cc21. The molecule has 112 valence electrons. The van der Waals surface area contributed by atoms with Crippen molar-refractivity contribution in [2.24, 2.45) is 0 Å². The topological polar surface area (TPSA) is 21.3 Å². The van der Waals surface area contributed by atoms with E-state index in [1.807, 2.05) is 0 Å². The van der Waals surface area contributed by atoms with Gasteiger partial charge in [-0.25, -0.2) is 4.39 Å². The Balaban J connectivity index is 2.15. The van der Waals surface area contributed by atoms with Gasteiger partial charge in [0.05, 0.1) is 0 Å². The van der Waals surface area contributed by atoms with Crippen molar-refractivity contribution in [3.63, 3.8) is 0 Å². The highest BCUT2D eigenvalue weighted by Crippen LogP contribution is 2.41. The summed E-state index contributed by atoms with van der Waals surface area (Å²) >= 11 is 0. The van der Waals surface area contributed by atoms with Crippen LogP contribution < -0.4 is 10.1 Å². The van der Waals surface area contributed by atoms with Crippen LogP contribution in [-0.2, 0) is 0 Å². The molecule has 0 amide bonds. The Labute approximate surface area is 121 Å². The average Bonchev–Trinajstić information content (AvgIpc) is 2.44. The summed E-state index contributed by atoms with van der Waals surface area (Å²) in [6.07, 6.45) is 5.47. The van der Waals surface area contributed by atoms with Crippen LogP contribution in [0.5, 0.6) is 5.75 Å². The first-order chi connectivity index (χ1) is 9.58. The second-order valence-electron chi connectivity index (χ2n) is 6.01. The molecule has 0 bridgehead atoms. The number of rotatable bonds is 6. The molecule has 20 heavy (non-hydrogen) atoms. The minimum Gasteiger partial charge on any atom is -0.487 e. The lowest BCUT2D eigenvalue weighted by atomic mass is 9.86. The minimum absolute atomic E-state index is 0.159. The second-order valence-corrected chi connectivity index (χ2v) is 6.01. The fourth-order valence-electron chi connectivity index (χ4n) is 2.78. The van der Waals surface area contributed by atoms with Crippen LogP contribution in [0.4, 0.5) is 4.39 Å². The van der Waals surface area contributed by atoms with Gasteiger partial charge in [0, 0.05) is 18.0 Å². The molecule has 1 aromatic carbocycles. The van der Waals surface area contributed by atoms with Gasteiger partial charge in [-0.2, -0.15) is 0 Å². The maximum Gasteiger partial charge on any atom is 0.125 e. The van der Waals surface area contributed by atoms with Gasteiger partial charge >= 0.3 is 0 Å². The maximum absolute atomic E-state index is 13.5. The van der Waals surface area contributed by atoms with Gasteiger partial charge in [-0.05, 0) is 44.5 Å². The number of halogens is 1. The van der Waals surface area contributed by atoms with Crippen molar-refractivity contribution in [1.82, 2.24) is 5.32 Å². The molecular formula is C17H26FNO. The van der Waals surface area contributed by atoms with E-state index in [4.69, 9.17) is 4.74 Å². The zero-order valence-electron chi connectivity index (χ0n) is 12.8. The molecule has 2 rings (SSSR count). The first kappa shape index (κ1) is 15.3. The summed E-state index contributed by atoms with van der Waals surface area (Å²) in [5.41, 5.74) is 0.806. The number of benzene rings is 1. The Morgan fingerprint density at radius 3 is 2.85 bits per heavy atom. The minimum atomic E-state index is -0.187. The Hall–Kier alpha value is -1.09.